The fraction of sp³-hybridized carbons (Fsp3) is 0.462. The summed E-state index contributed by atoms with van der Waals surface area (Å²) in [7, 11) is 1.64. The number of nitrogen functional groups attached to an aromatic ring is 1. The van der Waals surface area contributed by atoms with Crippen molar-refractivity contribution in [2.45, 2.75) is 19.9 Å². The SMILES string of the molecule is CCCN(CC(=O)NC)Cc1cc(N)ccc1Cl. The molecule has 0 saturated carbocycles. The number of benzene rings is 1. The van der Waals surface area contributed by atoms with Gasteiger partial charge in [-0.15, -0.1) is 0 Å². The van der Waals surface area contributed by atoms with Crippen LogP contribution in [-0.2, 0) is 11.3 Å². The van der Waals surface area contributed by atoms with Crippen LogP contribution in [0.2, 0.25) is 5.02 Å². The van der Waals surface area contributed by atoms with E-state index in [1.54, 1.807) is 19.2 Å². The number of carbonyl (C=O) groups is 1. The first-order valence-corrected chi connectivity index (χ1v) is 6.41. The van der Waals surface area contributed by atoms with Gasteiger partial charge in [0.2, 0.25) is 5.91 Å². The Bertz CT molecular complexity index is 409. The molecule has 0 atom stereocenters. The van der Waals surface area contributed by atoms with E-state index < -0.39 is 0 Å². The summed E-state index contributed by atoms with van der Waals surface area (Å²) in [5.74, 6) is 0.00322. The van der Waals surface area contributed by atoms with Crippen LogP contribution in [0.5, 0.6) is 0 Å². The lowest BCUT2D eigenvalue weighted by Crippen LogP contribution is -2.35. The topological polar surface area (TPSA) is 58.4 Å². The van der Waals surface area contributed by atoms with Crippen LogP contribution in [0.1, 0.15) is 18.9 Å². The van der Waals surface area contributed by atoms with Gasteiger partial charge in [-0.2, -0.15) is 0 Å². The third-order valence-electron chi connectivity index (χ3n) is 2.65. The molecule has 0 aliphatic carbocycles. The van der Waals surface area contributed by atoms with Crippen LogP contribution in [-0.4, -0.2) is 30.9 Å². The number of nitrogens with zero attached hydrogens (tertiary/aromatic N) is 1. The summed E-state index contributed by atoms with van der Waals surface area (Å²) in [5, 5.41) is 3.31. The molecule has 3 N–H and O–H groups in total. The smallest absolute Gasteiger partial charge is 0.233 e. The van der Waals surface area contributed by atoms with Crippen LogP contribution < -0.4 is 11.1 Å². The van der Waals surface area contributed by atoms with E-state index in [1.165, 1.54) is 0 Å². The highest BCUT2D eigenvalue weighted by molar-refractivity contribution is 6.31. The fourth-order valence-corrected chi connectivity index (χ4v) is 1.95. The zero-order valence-corrected chi connectivity index (χ0v) is 11.6. The largest absolute Gasteiger partial charge is 0.399 e. The van der Waals surface area contributed by atoms with Gasteiger partial charge in [0.1, 0.15) is 0 Å². The van der Waals surface area contributed by atoms with E-state index in [9.17, 15) is 4.79 Å². The number of amides is 1. The molecule has 1 aromatic rings. The molecular formula is C13H20ClN3O. The maximum atomic E-state index is 11.4. The van der Waals surface area contributed by atoms with Gasteiger partial charge in [-0.25, -0.2) is 0 Å². The maximum absolute atomic E-state index is 11.4. The van der Waals surface area contributed by atoms with Gasteiger partial charge in [-0.3, -0.25) is 9.69 Å². The molecular weight excluding hydrogens is 250 g/mol. The van der Waals surface area contributed by atoms with Crippen LogP contribution in [0.3, 0.4) is 0 Å². The summed E-state index contributed by atoms with van der Waals surface area (Å²) < 4.78 is 0. The Morgan fingerprint density at radius 1 is 1.50 bits per heavy atom. The molecule has 0 saturated heterocycles. The van der Waals surface area contributed by atoms with E-state index >= 15 is 0 Å². The predicted molar refractivity (Wildman–Crippen MR) is 75.5 cm³/mol. The summed E-state index contributed by atoms with van der Waals surface area (Å²) in [4.78, 5) is 13.5. The molecule has 1 amide bonds. The van der Waals surface area contributed by atoms with Crippen molar-refractivity contribution in [1.29, 1.82) is 0 Å². The molecule has 100 valence electrons. The van der Waals surface area contributed by atoms with E-state index in [4.69, 9.17) is 17.3 Å². The molecule has 0 fully saturated rings. The molecule has 0 radical (unpaired) electrons. The zero-order valence-electron chi connectivity index (χ0n) is 10.9. The minimum atomic E-state index is 0.00322. The van der Waals surface area contributed by atoms with Crippen molar-refractivity contribution < 1.29 is 4.79 Å². The van der Waals surface area contributed by atoms with Gasteiger partial charge in [0.15, 0.2) is 0 Å². The zero-order chi connectivity index (χ0) is 13.5. The van der Waals surface area contributed by atoms with Crippen molar-refractivity contribution in [3.63, 3.8) is 0 Å². The standard InChI is InChI=1S/C13H20ClN3O/c1-3-6-17(9-13(18)16-2)8-10-7-11(15)4-5-12(10)14/h4-5,7H,3,6,8-9,15H2,1-2H3,(H,16,18). The van der Waals surface area contributed by atoms with Crippen molar-refractivity contribution in [2.24, 2.45) is 0 Å². The Morgan fingerprint density at radius 2 is 2.22 bits per heavy atom. The van der Waals surface area contributed by atoms with Gasteiger partial charge >= 0.3 is 0 Å². The van der Waals surface area contributed by atoms with Crippen LogP contribution in [0.15, 0.2) is 18.2 Å². The molecule has 18 heavy (non-hydrogen) atoms. The van der Waals surface area contributed by atoms with E-state index in [2.05, 4.69) is 17.1 Å². The first kappa shape index (κ1) is 14.8. The van der Waals surface area contributed by atoms with Crippen molar-refractivity contribution in [1.82, 2.24) is 10.2 Å². The average molecular weight is 270 g/mol. The van der Waals surface area contributed by atoms with Crippen LogP contribution in [0, 0.1) is 0 Å². The Kier molecular flexibility index (Phi) is 5.95. The molecule has 0 bridgehead atoms. The van der Waals surface area contributed by atoms with Crippen molar-refractivity contribution in [2.75, 3.05) is 25.9 Å². The van der Waals surface area contributed by atoms with Gasteiger partial charge < -0.3 is 11.1 Å². The molecule has 4 nitrogen and oxygen atoms in total. The van der Waals surface area contributed by atoms with E-state index in [0.29, 0.717) is 23.8 Å². The van der Waals surface area contributed by atoms with Gasteiger partial charge in [0.05, 0.1) is 6.54 Å². The highest BCUT2D eigenvalue weighted by atomic mass is 35.5. The molecule has 0 aromatic heterocycles. The second-order valence-corrected chi connectivity index (χ2v) is 4.64. The molecule has 0 aliphatic rings. The molecule has 0 heterocycles. The summed E-state index contributed by atoms with van der Waals surface area (Å²) in [6.45, 7) is 3.93. The first-order chi connectivity index (χ1) is 8.56. The quantitative estimate of drug-likeness (QED) is 0.776. The maximum Gasteiger partial charge on any atom is 0.233 e. The molecule has 1 rings (SSSR count). The molecule has 0 aliphatic heterocycles. The van der Waals surface area contributed by atoms with Crippen LogP contribution in [0.25, 0.3) is 0 Å². The summed E-state index contributed by atoms with van der Waals surface area (Å²) in [6.07, 6.45) is 0.983. The Labute approximate surface area is 113 Å². The van der Waals surface area contributed by atoms with Gasteiger partial charge in [-0.05, 0) is 36.7 Å². The number of nitrogens with two attached hydrogens (primary N) is 1. The molecule has 0 spiro atoms. The van der Waals surface area contributed by atoms with Crippen molar-refractivity contribution in [3.05, 3.63) is 28.8 Å². The number of halogens is 1. The number of rotatable bonds is 6. The fourth-order valence-electron chi connectivity index (χ4n) is 1.77. The monoisotopic (exact) mass is 269 g/mol. The molecule has 0 unspecified atom stereocenters. The second kappa shape index (κ2) is 7.24. The summed E-state index contributed by atoms with van der Waals surface area (Å²) in [5.41, 5.74) is 7.39. The highest BCUT2D eigenvalue weighted by Crippen LogP contribution is 2.20. The first-order valence-electron chi connectivity index (χ1n) is 6.03. The Balaban J connectivity index is 2.75. The lowest BCUT2D eigenvalue weighted by atomic mass is 10.2. The van der Waals surface area contributed by atoms with E-state index in [1.807, 2.05) is 6.07 Å². The lowest BCUT2D eigenvalue weighted by molar-refractivity contribution is -0.121. The Hall–Kier alpha value is -1.26. The number of nitrogens with one attached hydrogen (secondary N) is 1. The summed E-state index contributed by atoms with van der Waals surface area (Å²) in [6, 6.07) is 5.42. The van der Waals surface area contributed by atoms with Crippen LogP contribution in [0.4, 0.5) is 5.69 Å². The second-order valence-electron chi connectivity index (χ2n) is 4.23. The minimum Gasteiger partial charge on any atom is -0.399 e. The van der Waals surface area contributed by atoms with Crippen molar-refractivity contribution >= 4 is 23.2 Å². The highest BCUT2D eigenvalue weighted by Gasteiger charge is 2.11. The van der Waals surface area contributed by atoms with Gasteiger partial charge in [0, 0.05) is 24.3 Å². The number of hydrogen-bond donors (Lipinski definition) is 2. The lowest BCUT2D eigenvalue weighted by Gasteiger charge is -2.21. The minimum absolute atomic E-state index is 0.00322. The number of hydrogen-bond acceptors (Lipinski definition) is 3. The normalized spacial score (nSPS) is 10.7. The third-order valence-corrected chi connectivity index (χ3v) is 3.02. The summed E-state index contributed by atoms with van der Waals surface area (Å²) >= 11 is 6.13. The van der Waals surface area contributed by atoms with E-state index in [-0.39, 0.29) is 5.91 Å². The number of carbonyl (C=O) groups excluding carboxylic acids is 1. The number of likely N-dealkylation sites (N-methyl/N-ethyl adjacent to an activating group) is 1. The number of anilines is 1. The third kappa shape index (κ3) is 4.55. The predicted octanol–water partition coefficient (Wildman–Crippen LogP) is 1.88. The Morgan fingerprint density at radius 3 is 2.83 bits per heavy atom. The molecule has 5 heteroatoms. The van der Waals surface area contributed by atoms with Crippen molar-refractivity contribution in [3.8, 4) is 0 Å². The molecule has 1 aromatic carbocycles. The van der Waals surface area contributed by atoms with E-state index in [0.717, 1.165) is 18.5 Å². The van der Waals surface area contributed by atoms with Crippen LogP contribution >= 0.6 is 11.6 Å². The van der Waals surface area contributed by atoms with Gasteiger partial charge in [-0.1, -0.05) is 18.5 Å². The average Bonchev–Trinajstić information content (AvgIpc) is 2.34. The van der Waals surface area contributed by atoms with Gasteiger partial charge in [0.25, 0.3) is 0 Å².